The van der Waals surface area contributed by atoms with Crippen LogP contribution in [-0.2, 0) is 0 Å². The fraction of sp³-hybridized carbons (Fsp3) is 0. The highest BCUT2D eigenvalue weighted by Gasteiger charge is 2.13. The highest BCUT2D eigenvalue weighted by molar-refractivity contribution is 7.11. The first kappa shape index (κ1) is 19.2. The number of hydrogen-bond donors (Lipinski definition) is 1. The number of halogens is 1. The molecule has 0 saturated heterocycles. The van der Waals surface area contributed by atoms with Crippen LogP contribution in [0.15, 0.2) is 72.2 Å². The molecule has 146 valence electrons. The van der Waals surface area contributed by atoms with Crippen LogP contribution in [0.3, 0.4) is 0 Å². The van der Waals surface area contributed by atoms with Gasteiger partial charge in [-0.2, -0.15) is 5.26 Å². The van der Waals surface area contributed by atoms with Gasteiger partial charge in [0.05, 0.1) is 16.3 Å². The number of nitrogens with zero attached hydrogens (tertiary/aromatic N) is 3. The van der Waals surface area contributed by atoms with E-state index in [1.165, 1.54) is 17.5 Å². The Hall–Kier alpha value is -4.09. The molecular weight excluding hydrogens is 403 g/mol. The summed E-state index contributed by atoms with van der Waals surface area (Å²) in [6.07, 6.45) is 1.30. The number of non-ortho nitro benzene ring substituents is 1. The molecule has 6 nitrogen and oxygen atoms in total. The zero-order chi connectivity index (χ0) is 21.1. The van der Waals surface area contributed by atoms with E-state index in [1.807, 2.05) is 53.9 Å². The third-order valence-corrected chi connectivity index (χ3v) is 5.33. The van der Waals surface area contributed by atoms with E-state index in [1.54, 1.807) is 0 Å². The Morgan fingerprint density at radius 2 is 2.00 bits per heavy atom. The van der Waals surface area contributed by atoms with Crippen molar-refractivity contribution in [1.29, 1.82) is 5.26 Å². The second-order valence-electron chi connectivity index (χ2n) is 6.30. The molecule has 1 aromatic heterocycles. The SMILES string of the molecule is N#CC(=CNc1cc([N+](=O)[O-])ccc1F)c1nc(-c2cccc3ccccc23)cs1. The zero-order valence-corrected chi connectivity index (χ0v) is 16.2. The first-order valence-corrected chi connectivity index (χ1v) is 9.69. The van der Waals surface area contributed by atoms with Crippen LogP contribution in [0.5, 0.6) is 0 Å². The maximum absolute atomic E-state index is 14.0. The quantitative estimate of drug-likeness (QED) is 0.245. The molecule has 0 amide bonds. The molecule has 4 aromatic rings. The van der Waals surface area contributed by atoms with Crippen LogP contribution in [0.2, 0.25) is 0 Å². The monoisotopic (exact) mass is 416 g/mol. The van der Waals surface area contributed by atoms with E-state index < -0.39 is 10.7 Å². The van der Waals surface area contributed by atoms with Crippen molar-refractivity contribution in [3.63, 3.8) is 0 Å². The molecule has 0 aliphatic heterocycles. The lowest BCUT2D eigenvalue weighted by molar-refractivity contribution is -0.384. The molecule has 0 radical (unpaired) electrons. The molecular formula is C22H13FN4O2S. The van der Waals surface area contributed by atoms with E-state index in [2.05, 4.69) is 10.3 Å². The topological polar surface area (TPSA) is 91.8 Å². The Balaban J connectivity index is 1.66. The van der Waals surface area contributed by atoms with Crippen molar-refractivity contribution >= 4 is 39.1 Å². The summed E-state index contributed by atoms with van der Waals surface area (Å²) in [6, 6.07) is 19.1. The van der Waals surface area contributed by atoms with Gasteiger partial charge in [-0.15, -0.1) is 11.3 Å². The van der Waals surface area contributed by atoms with Crippen molar-refractivity contribution in [3.8, 4) is 17.3 Å². The van der Waals surface area contributed by atoms with E-state index >= 15 is 0 Å². The molecule has 1 heterocycles. The van der Waals surface area contributed by atoms with Gasteiger partial charge in [-0.05, 0) is 16.8 Å². The number of thiazole rings is 1. The highest BCUT2D eigenvalue weighted by Crippen LogP contribution is 2.31. The van der Waals surface area contributed by atoms with Crippen LogP contribution in [0, 0.1) is 27.3 Å². The van der Waals surface area contributed by atoms with E-state index in [0.29, 0.717) is 5.01 Å². The standard InChI is InChI=1S/C22H13FN4O2S/c23-19-9-8-16(27(28)29)10-20(19)25-12-15(11-24)22-26-21(13-30-22)18-7-3-5-14-4-1-2-6-17(14)18/h1-10,12-13,25H. The second kappa shape index (κ2) is 8.11. The van der Waals surface area contributed by atoms with Crippen molar-refractivity contribution in [1.82, 2.24) is 4.98 Å². The Morgan fingerprint density at radius 1 is 1.20 bits per heavy atom. The third kappa shape index (κ3) is 3.74. The van der Waals surface area contributed by atoms with Gasteiger partial charge >= 0.3 is 0 Å². The van der Waals surface area contributed by atoms with Crippen LogP contribution >= 0.6 is 11.3 Å². The van der Waals surface area contributed by atoms with Gasteiger partial charge in [0.1, 0.15) is 22.5 Å². The molecule has 30 heavy (non-hydrogen) atoms. The predicted molar refractivity (Wildman–Crippen MR) is 115 cm³/mol. The van der Waals surface area contributed by atoms with Crippen LogP contribution < -0.4 is 5.32 Å². The van der Waals surface area contributed by atoms with Crippen LogP contribution in [0.1, 0.15) is 5.01 Å². The van der Waals surface area contributed by atoms with Gasteiger partial charge < -0.3 is 5.32 Å². The molecule has 8 heteroatoms. The summed E-state index contributed by atoms with van der Waals surface area (Å²) in [4.78, 5) is 14.8. The fourth-order valence-corrected chi connectivity index (χ4v) is 3.78. The minimum atomic E-state index is -0.662. The normalized spacial score (nSPS) is 11.3. The summed E-state index contributed by atoms with van der Waals surface area (Å²) in [5.41, 5.74) is 1.53. The van der Waals surface area contributed by atoms with Crippen LogP contribution in [0.25, 0.3) is 27.6 Å². The zero-order valence-electron chi connectivity index (χ0n) is 15.4. The summed E-state index contributed by atoms with van der Waals surface area (Å²) in [6.45, 7) is 0. The first-order chi connectivity index (χ1) is 14.6. The Labute approximate surface area is 174 Å². The van der Waals surface area contributed by atoms with Gasteiger partial charge in [-0.3, -0.25) is 10.1 Å². The van der Waals surface area contributed by atoms with E-state index in [4.69, 9.17) is 0 Å². The smallest absolute Gasteiger partial charge is 0.271 e. The first-order valence-electron chi connectivity index (χ1n) is 8.81. The average Bonchev–Trinajstić information content (AvgIpc) is 3.24. The second-order valence-corrected chi connectivity index (χ2v) is 7.16. The number of fused-ring (bicyclic) bond motifs is 1. The van der Waals surface area contributed by atoms with Gasteiger partial charge in [-0.1, -0.05) is 42.5 Å². The summed E-state index contributed by atoms with van der Waals surface area (Å²) in [7, 11) is 0. The van der Waals surface area contributed by atoms with E-state index in [0.717, 1.165) is 40.2 Å². The van der Waals surface area contributed by atoms with Gasteiger partial charge in [0, 0.05) is 29.3 Å². The van der Waals surface area contributed by atoms with Crippen molar-refractivity contribution < 1.29 is 9.31 Å². The number of benzene rings is 3. The Bertz CT molecular complexity index is 1340. The average molecular weight is 416 g/mol. The number of hydrogen-bond acceptors (Lipinski definition) is 6. The molecule has 0 spiro atoms. The number of nitrogens with one attached hydrogen (secondary N) is 1. The minimum Gasteiger partial charge on any atom is -0.358 e. The summed E-state index contributed by atoms with van der Waals surface area (Å²) in [5, 5.41) is 27.5. The molecule has 0 unspecified atom stereocenters. The third-order valence-electron chi connectivity index (χ3n) is 4.45. The lowest BCUT2D eigenvalue weighted by atomic mass is 10.0. The molecule has 0 aliphatic rings. The van der Waals surface area contributed by atoms with Crippen molar-refractivity contribution in [2.45, 2.75) is 0 Å². The molecule has 3 aromatic carbocycles. The van der Waals surface area contributed by atoms with Gasteiger partial charge in [0.15, 0.2) is 0 Å². The number of anilines is 1. The number of allylic oxidation sites excluding steroid dienone is 1. The van der Waals surface area contributed by atoms with Crippen molar-refractivity contribution in [2.75, 3.05) is 5.32 Å². The maximum Gasteiger partial charge on any atom is 0.271 e. The Kier molecular flexibility index (Phi) is 5.20. The molecule has 0 fully saturated rings. The highest BCUT2D eigenvalue weighted by atomic mass is 32.1. The number of aromatic nitrogens is 1. The van der Waals surface area contributed by atoms with Gasteiger partial charge in [0.2, 0.25) is 0 Å². The molecule has 0 atom stereocenters. The number of nitro groups is 1. The minimum absolute atomic E-state index is 0.0946. The van der Waals surface area contributed by atoms with Crippen LogP contribution in [0.4, 0.5) is 15.8 Å². The van der Waals surface area contributed by atoms with E-state index in [9.17, 15) is 19.8 Å². The van der Waals surface area contributed by atoms with Crippen molar-refractivity contribution in [2.24, 2.45) is 0 Å². The Morgan fingerprint density at radius 3 is 2.80 bits per heavy atom. The summed E-state index contributed by atoms with van der Waals surface area (Å²) < 4.78 is 14.0. The molecule has 1 N–H and O–H groups in total. The predicted octanol–water partition coefficient (Wildman–Crippen LogP) is 5.99. The summed E-state index contributed by atoms with van der Waals surface area (Å²) >= 11 is 1.29. The number of nitriles is 1. The molecule has 4 rings (SSSR count). The summed E-state index contributed by atoms with van der Waals surface area (Å²) in [5.74, 6) is -0.662. The number of rotatable bonds is 5. The van der Waals surface area contributed by atoms with E-state index in [-0.39, 0.29) is 16.9 Å². The molecule has 0 saturated carbocycles. The maximum atomic E-state index is 14.0. The molecule has 0 bridgehead atoms. The van der Waals surface area contributed by atoms with Crippen molar-refractivity contribution in [3.05, 3.63) is 93.2 Å². The lowest BCUT2D eigenvalue weighted by Crippen LogP contribution is -1.96. The van der Waals surface area contributed by atoms with Gasteiger partial charge in [-0.25, -0.2) is 9.37 Å². The van der Waals surface area contributed by atoms with Crippen LogP contribution in [-0.4, -0.2) is 9.91 Å². The number of nitro benzene ring substituents is 1. The lowest BCUT2D eigenvalue weighted by Gasteiger charge is -2.04. The van der Waals surface area contributed by atoms with Gasteiger partial charge in [0.25, 0.3) is 5.69 Å². The largest absolute Gasteiger partial charge is 0.358 e. The fourth-order valence-electron chi connectivity index (χ4n) is 3.00. The molecule has 0 aliphatic carbocycles.